The van der Waals surface area contributed by atoms with E-state index in [-0.39, 0.29) is 11.6 Å². The summed E-state index contributed by atoms with van der Waals surface area (Å²) < 4.78 is 7.69. The molecule has 1 saturated heterocycles. The van der Waals surface area contributed by atoms with Gasteiger partial charge in [-0.2, -0.15) is 0 Å². The Morgan fingerprint density at radius 3 is 2.81 bits per heavy atom. The molecule has 2 aromatic heterocycles. The van der Waals surface area contributed by atoms with Gasteiger partial charge in [-0.25, -0.2) is 4.68 Å². The fourth-order valence-electron chi connectivity index (χ4n) is 5.41. The largest absolute Gasteiger partial charge is 0.494 e. The fourth-order valence-corrected chi connectivity index (χ4v) is 5.41. The molecule has 1 N–H and O–H groups in total. The number of aromatic amines is 1. The number of ether oxygens (including phenoxy) is 1. The highest BCUT2D eigenvalue weighted by atomic mass is 16.5. The minimum absolute atomic E-state index is 0.0779. The van der Waals surface area contributed by atoms with Gasteiger partial charge in [0, 0.05) is 23.0 Å². The lowest BCUT2D eigenvalue weighted by Crippen LogP contribution is -2.41. The number of aromatic nitrogens is 5. The zero-order valence-corrected chi connectivity index (χ0v) is 19.0. The number of nitrogens with zero attached hydrogens (tertiary/aromatic N) is 5. The maximum atomic E-state index is 13.3. The third kappa shape index (κ3) is 4.03. The zero-order chi connectivity index (χ0) is 22.1. The number of rotatable bonds is 6. The van der Waals surface area contributed by atoms with Crippen molar-refractivity contribution in [1.82, 2.24) is 30.1 Å². The molecule has 8 nitrogen and oxygen atoms in total. The molecule has 0 radical (unpaired) electrons. The van der Waals surface area contributed by atoms with Crippen LogP contribution in [0.2, 0.25) is 0 Å². The van der Waals surface area contributed by atoms with Gasteiger partial charge in [0.25, 0.3) is 5.56 Å². The van der Waals surface area contributed by atoms with E-state index < -0.39 is 0 Å². The maximum Gasteiger partial charge on any atom is 0.253 e. The predicted molar refractivity (Wildman–Crippen MR) is 123 cm³/mol. The highest BCUT2D eigenvalue weighted by Gasteiger charge is 2.34. The summed E-state index contributed by atoms with van der Waals surface area (Å²) >= 11 is 0. The van der Waals surface area contributed by atoms with E-state index in [9.17, 15) is 4.79 Å². The summed E-state index contributed by atoms with van der Waals surface area (Å²) in [4.78, 5) is 18.8. The van der Waals surface area contributed by atoms with Crippen LogP contribution in [0.15, 0.2) is 29.1 Å². The van der Waals surface area contributed by atoms with Gasteiger partial charge >= 0.3 is 0 Å². The first-order valence-corrected chi connectivity index (χ1v) is 12.0. The van der Waals surface area contributed by atoms with Gasteiger partial charge in [0.05, 0.1) is 12.6 Å². The number of tetrazole rings is 1. The van der Waals surface area contributed by atoms with Gasteiger partial charge in [0.15, 0.2) is 5.82 Å². The second-order valence-corrected chi connectivity index (χ2v) is 9.30. The minimum Gasteiger partial charge on any atom is -0.494 e. The van der Waals surface area contributed by atoms with Gasteiger partial charge in [0.1, 0.15) is 11.8 Å². The molecule has 1 saturated carbocycles. The average Bonchev–Trinajstić information content (AvgIpc) is 3.47. The lowest BCUT2D eigenvalue weighted by Gasteiger charge is -2.36. The molecule has 0 amide bonds. The van der Waals surface area contributed by atoms with Crippen LogP contribution in [0.4, 0.5) is 0 Å². The van der Waals surface area contributed by atoms with Crippen molar-refractivity contribution in [1.29, 1.82) is 0 Å². The predicted octanol–water partition coefficient (Wildman–Crippen LogP) is 3.85. The van der Waals surface area contributed by atoms with Crippen molar-refractivity contribution >= 4 is 10.9 Å². The number of pyridine rings is 1. The van der Waals surface area contributed by atoms with Gasteiger partial charge in [-0.1, -0.05) is 19.8 Å². The summed E-state index contributed by atoms with van der Waals surface area (Å²) in [6.45, 7) is 6.72. The van der Waals surface area contributed by atoms with Crippen LogP contribution in [0, 0.1) is 5.92 Å². The molecule has 8 heteroatoms. The molecule has 2 aliphatic rings. The SMILES string of the molecule is CCOc1ccc2[nH]c(=O)c(C(c3nnnn3C3CCCC3)N3CCCC(C)C3)cc2c1. The Bertz CT molecular complexity index is 1130. The van der Waals surface area contributed by atoms with E-state index in [1.54, 1.807) is 0 Å². The Kier molecular flexibility index (Phi) is 5.95. The monoisotopic (exact) mass is 436 g/mol. The Morgan fingerprint density at radius 2 is 2.03 bits per heavy atom. The Labute approximate surface area is 188 Å². The molecular formula is C24H32N6O2. The number of H-pyrrole nitrogens is 1. The molecule has 1 aliphatic heterocycles. The molecule has 1 aliphatic carbocycles. The summed E-state index contributed by atoms with van der Waals surface area (Å²) in [5, 5.41) is 13.9. The summed E-state index contributed by atoms with van der Waals surface area (Å²) in [5.74, 6) is 2.17. The first-order valence-electron chi connectivity index (χ1n) is 12.0. The van der Waals surface area contributed by atoms with Crippen LogP contribution >= 0.6 is 0 Å². The van der Waals surface area contributed by atoms with Crippen LogP contribution in [0.3, 0.4) is 0 Å². The Hall–Kier alpha value is -2.74. The smallest absolute Gasteiger partial charge is 0.253 e. The van der Waals surface area contributed by atoms with E-state index in [1.165, 1.54) is 19.3 Å². The summed E-state index contributed by atoms with van der Waals surface area (Å²) in [6, 6.07) is 7.85. The third-order valence-corrected chi connectivity index (χ3v) is 6.94. The molecule has 2 fully saturated rings. The molecule has 1 aromatic carbocycles. The number of fused-ring (bicyclic) bond motifs is 1. The van der Waals surface area contributed by atoms with Crippen molar-refractivity contribution in [2.45, 2.75) is 64.5 Å². The van der Waals surface area contributed by atoms with Gasteiger partial charge in [-0.15, -0.1) is 5.10 Å². The number of nitrogens with one attached hydrogen (secondary N) is 1. The number of likely N-dealkylation sites (tertiary alicyclic amines) is 1. The zero-order valence-electron chi connectivity index (χ0n) is 19.0. The average molecular weight is 437 g/mol. The normalized spacial score (nSPS) is 21.2. The van der Waals surface area contributed by atoms with Crippen molar-refractivity contribution in [2.24, 2.45) is 5.92 Å². The van der Waals surface area contributed by atoms with Crippen LogP contribution in [0.1, 0.15) is 75.8 Å². The van der Waals surface area contributed by atoms with Crippen molar-refractivity contribution in [3.05, 3.63) is 46.0 Å². The highest BCUT2D eigenvalue weighted by molar-refractivity contribution is 5.80. The van der Waals surface area contributed by atoms with E-state index in [0.717, 1.165) is 54.8 Å². The molecule has 2 atom stereocenters. The lowest BCUT2D eigenvalue weighted by molar-refractivity contribution is 0.139. The van der Waals surface area contributed by atoms with Crippen molar-refractivity contribution in [2.75, 3.05) is 19.7 Å². The highest BCUT2D eigenvalue weighted by Crippen LogP contribution is 2.35. The minimum atomic E-state index is -0.266. The molecule has 5 rings (SSSR count). The molecule has 0 spiro atoms. The maximum absolute atomic E-state index is 13.3. The van der Waals surface area contributed by atoms with E-state index in [2.05, 4.69) is 32.3 Å². The molecule has 0 bridgehead atoms. The van der Waals surface area contributed by atoms with Crippen molar-refractivity contribution in [3.8, 4) is 5.75 Å². The van der Waals surface area contributed by atoms with Crippen LogP contribution in [0.5, 0.6) is 5.75 Å². The van der Waals surface area contributed by atoms with Crippen LogP contribution < -0.4 is 10.3 Å². The second kappa shape index (κ2) is 9.02. The van der Waals surface area contributed by atoms with Gasteiger partial charge in [-0.05, 0) is 79.8 Å². The van der Waals surface area contributed by atoms with E-state index in [0.29, 0.717) is 24.1 Å². The Balaban J connectivity index is 1.63. The first-order chi connectivity index (χ1) is 15.6. The number of hydrogen-bond donors (Lipinski definition) is 1. The van der Waals surface area contributed by atoms with Crippen molar-refractivity contribution in [3.63, 3.8) is 0 Å². The molecule has 3 aromatic rings. The van der Waals surface area contributed by atoms with Gasteiger partial charge in [0.2, 0.25) is 0 Å². The number of hydrogen-bond acceptors (Lipinski definition) is 6. The van der Waals surface area contributed by atoms with E-state index in [4.69, 9.17) is 4.74 Å². The molecule has 3 heterocycles. The first kappa shape index (κ1) is 21.1. The number of benzene rings is 1. The summed E-state index contributed by atoms with van der Waals surface area (Å²) in [7, 11) is 0. The van der Waals surface area contributed by atoms with E-state index >= 15 is 0 Å². The third-order valence-electron chi connectivity index (χ3n) is 6.94. The van der Waals surface area contributed by atoms with Crippen molar-refractivity contribution < 1.29 is 4.74 Å². The van der Waals surface area contributed by atoms with E-state index in [1.807, 2.05) is 35.9 Å². The van der Waals surface area contributed by atoms with Crippen LogP contribution in [-0.2, 0) is 0 Å². The fraction of sp³-hybridized carbons (Fsp3) is 0.583. The lowest BCUT2D eigenvalue weighted by atomic mass is 9.95. The molecule has 32 heavy (non-hydrogen) atoms. The molecule has 170 valence electrons. The summed E-state index contributed by atoms with van der Waals surface area (Å²) in [6.07, 6.45) is 6.91. The molecular weight excluding hydrogens is 404 g/mol. The van der Waals surface area contributed by atoms with Crippen LogP contribution in [0.25, 0.3) is 10.9 Å². The summed E-state index contributed by atoms with van der Waals surface area (Å²) in [5.41, 5.74) is 1.43. The molecule has 2 unspecified atom stereocenters. The second-order valence-electron chi connectivity index (χ2n) is 9.30. The van der Waals surface area contributed by atoms with Crippen LogP contribution in [-0.4, -0.2) is 49.8 Å². The Morgan fingerprint density at radius 1 is 1.19 bits per heavy atom. The van der Waals surface area contributed by atoms with Gasteiger partial charge < -0.3 is 9.72 Å². The number of piperidine rings is 1. The van der Waals surface area contributed by atoms with Gasteiger partial charge in [-0.3, -0.25) is 9.69 Å². The standard InChI is InChI=1S/C24H32N6O2/c1-3-32-19-10-11-21-17(13-19)14-20(24(31)25-21)22(29-12-6-7-16(2)15-29)23-26-27-28-30(23)18-8-4-5-9-18/h10-11,13-14,16,18,22H,3-9,12,15H2,1-2H3,(H,25,31). The topological polar surface area (TPSA) is 88.9 Å². The quantitative estimate of drug-likeness (QED) is 0.631.